The van der Waals surface area contributed by atoms with Gasteiger partial charge >= 0.3 is 0 Å². The maximum atomic E-state index is 9.75. The molecule has 0 fully saturated rings. The van der Waals surface area contributed by atoms with E-state index >= 15 is 0 Å². The number of rotatable bonds is 4. The monoisotopic (exact) mass is 341 g/mol. The number of anilines is 3. The molecule has 0 aliphatic carbocycles. The van der Waals surface area contributed by atoms with Gasteiger partial charge in [-0.25, -0.2) is 4.98 Å². The number of para-hydroxylation sites is 1. The number of ether oxygens (including phenoxy) is 1. The Morgan fingerprint density at radius 2 is 1.62 bits per heavy atom. The molecule has 3 rings (SSSR count). The zero-order valence-electron chi connectivity index (χ0n) is 14.0. The number of benzene rings is 2. The summed E-state index contributed by atoms with van der Waals surface area (Å²) in [5, 5.41) is 22.4. The predicted octanol–water partition coefficient (Wildman–Crippen LogP) is 3.83. The van der Waals surface area contributed by atoms with Crippen molar-refractivity contribution in [3.63, 3.8) is 0 Å². The van der Waals surface area contributed by atoms with Crippen molar-refractivity contribution >= 4 is 17.3 Å². The fourth-order valence-electron chi connectivity index (χ4n) is 2.62. The highest BCUT2D eigenvalue weighted by atomic mass is 16.5. The third-order valence-electron chi connectivity index (χ3n) is 3.86. The topological polar surface area (TPSA) is 108 Å². The Morgan fingerprint density at radius 1 is 0.962 bits per heavy atom. The van der Waals surface area contributed by atoms with E-state index in [1.165, 1.54) is 0 Å². The van der Waals surface area contributed by atoms with Crippen LogP contribution in [0.3, 0.4) is 0 Å². The molecular weight excluding hydrogens is 326 g/mol. The van der Waals surface area contributed by atoms with E-state index in [-0.39, 0.29) is 16.9 Å². The summed E-state index contributed by atoms with van der Waals surface area (Å²) >= 11 is 0. The smallest absolute Gasteiger partial charge is 0.151 e. The fourth-order valence-corrected chi connectivity index (χ4v) is 2.62. The molecule has 1 aromatic heterocycles. The van der Waals surface area contributed by atoms with Crippen LogP contribution in [0, 0.1) is 22.7 Å². The number of aromatic nitrogens is 1. The third-order valence-corrected chi connectivity index (χ3v) is 3.86. The second-order valence-corrected chi connectivity index (χ2v) is 5.41. The van der Waals surface area contributed by atoms with Gasteiger partial charge in [-0.3, -0.25) is 0 Å². The number of pyridine rings is 1. The minimum Gasteiger partial charge on any atom is -0.497 e. The molecular formula is C20H15N5O. The number of nitriles is 2. The van der Waals surface area contributed by atoms with E-state index in [9.17, 15) is 10.5 Å². The fraction of sp³-hybridized carbons (Fsp3) is 0.0500. The lowest BCUT2D eigenvalue weighted by atomic mass is 9.96. The molecule has 3 aromatic rings. The van der Waals surface area contributed by atoms with Crippen LogP contribution in [0.25, 0.3) is 11.1 Å². The molecule has 0 saturated heterocycles. The normalized spacial score (nSPS) is 9.81. The van der Waals surface area contributed by atoms with Gasteiger partial charge in [0.1, 0.15) is 34.8 Å². The van der Waals surface area contributed by atoms with Crippen LogP contribution in [0.5, 0.6) is 5.75 Å². The minimum atomic E-state index is 0.0655. The standard InChI is InChI=1S/C20H15N5O/c1-26-15-9-7-13(8-10-15)18-16(11-21)19(23)25-20(17(18)12-22)24-14-5-3-2-4-6-14/h2-10H,1H3,(H3,23,24,25). The highest BCUT2D eigenvalue weighted by Crippen LogP contribution is 2.35. The van der Waals surface area contributed by atoms with Gasteiger partial charge in [0, 0.05) is 11.3 Å². The van der Waals surface area contributed by atoms with E-state index in [1.807, 2.05) is 30.3 Å². The van der Waals surface area contributed by atoms with Crippen molar-refractivity contribution in [2.75, 3.05) is 18.2 Å². The quantitative estimate of drug-likeness (QED) is 0.747. The first-order chi connectivity index (χ1) is 12.7. The number of hydrogen-bond acceptors (Lipinski definition) is 6. The highest BCUT2D eigenvalue weighted by molar-refractivity contribution is 5.86. The van der Waals surface area contributed by atoms with Crippen LogP contribution in [-0.2, 0) is 0 Å². The molecule has 0 aliphatic rings. The molecule has 1 heterocycles. The van der Waals surface area contributed by atoms with Gasteiger partial charge in [0.05, 0.1) is 7.11 Å². The van der Waals surface area contributed by atoms with Gasteiger partial charge in [0.25, 0.3) is 0 Å². The summed E-state index contributed by atoms with van der Waals surface area (Å²) in [5.74, 6) is 1.05. The van der Waals surface area contributed by atoms with Gasteiger partial charge in [-0.05, 0) is 29.8 Å². The van der Waals surface area contributed by atoms with E-state index in [4.69, 9.17) is 10.5 Å². The summed E-state index contributed by atoms with van der Waals surface area (Å²) in [7, 11) is 1.57. The molecule has 0 spiro atoms. The number of methoxy groups -OCH3 is 1. The molecule has 6 nitrogen and oxygen atoms in total. The van der Waals surface area contributed by atoms with E-state index < -0.39 is 0 Å². The van der Waals surface area contributed by atoms with Gasteiger partial charge < -0.3 is 15.8 Å². The first-order valence-corrected chi connectivity index (χ1v) is 7.78. The van der Waals surface area contributed by atoms with Gasteiger partial charge in [0.2, 0.25) is 0 Å². The molecule has 26 heavy (non-hydrogen) atoms. The minimum absolute atomic E-state index is 0.0655. The number of nitrogens with two attached hydrogens (primary N) is 1. The third kappa shape index (κ3) is 3.12. The maximum Gasteiger partial charge on any atom is 0.151 e. The molecule has 0 radical (unpaired) electrons. The Hall–Kier alpha value is -4.03. The lowest BCUT2D eigenvalue weighted by molar-refractivity contribution is 0.415. The Kier molecular flexibility index (Phi) is 4.69. The Bertz CT molecular complexity index is 1020. The van der Waals surface area contributed by atoms with Crippen molar-refractivity contribution < 1.29 is 4.74 Å². The number of nitrogens with one attached hydrogen (secondary N) is 1. The molecule has 0 bridgehead atoms. The second-order valence-electron chi connectivity index (χ2n) is 5.41. The van der Waals surface area contributed by atoms with Gasteiger partial charge in [-0.15, -0.1) is 0 Å². The van der Waals surface area contributed by atoms with Crippen LogP contribution >= 0.6 is 0 Å². The summed E-state index contributed by atoms with van der Waals surface area (Å²) in [6.45, 7) is 0. The second kappa shape index (κ2) is 7.25. The average molecular weight is 341 g/mol. The molecule has 3 N–H and O–H groups in total. The summed E-state index contributed by atoms with van der Waals surface area (Å²) in [6, 6.07) is 20.6. The van der Waals surface area contributed by atoms with Crippen LogP contribution in [0.1, 0.15) is 11.1 Å². The van der Waals surface area contributed by atoms with Crippen molar-refractivity contribution in [3.8, 4) is 29.0 Å². The lowest BCUT2D eigenvalue weighted by Crippen LogP contribution is -2.06. The largest absolute Gasteiger partial charge is 0.497 e. The zero-order valence-corrected chi connectivity index (χ0v) is 14.0. The van der Waals surface area contributed by atoms with Gasteiger partial charge in [-0.2, -0.15) is 10.5 Å². The SMILES string of the molecule is COc1ccc(-c2c(C#N)c(N)nc(Nc3ccccc3)c2C#N)cc1. The molecule has 6 heteroatoms. The summed E-state index contributed by atoms with van der Waals surface area (Å²) in [6.07, 6.45) is 0. The van der Waals surface area contributed by atoms with Crippen LogP contribution in [0.4, 0.5) is 17.3 Å². The molecule has 0 unspecified atom stereocenters. The van der Waals surface area contributed by atoms with Crippen LogP contribution in [-0.4, -0.2) is 12.1 Å². The summed E-state index contributed by atoms with van der Waals surface area (Å²) in [5.41, 5.74) is 8.32. The van der Waals surface area contributed by atoms with E-state index in [2.05, 4.69) is 22.4 Å². The average Bonchev–Trinajstić information content (AvgIpc) is 2.68. The molecule has 0 amide bonds. The van der Waals surface area contributed by atoms with Crippen LogP contribution < -0.4 is 15.8 Å². The van der Waals surface area contributed by atoms with Gasteiger partial charge in [0.15, 0.2) is 5.82 Å². The van der Waals surface area contributed by atoms with Crippen LogP contribution in [0.2, 0.25) is 0 Å². The van der Waals surface area contributed by atoms with Crippen molar-refractivity contribution in [1.82, 2.24) is 4.98 Å². The number of nitrogens with zero attached hydrogens (tertiary/aromatic N) is 3. The maximum absolute atomic E-state index is 9.75. The highest BCUT2D eigenvalue weighted by Gasteiger charge is 2.20. The lowest BCUT2D eigenvalue weighted by Gasteiger charge is -2.14. The molecule has 0 aliphatic heterocycles. The molecule has 0 atom stereocenters. The summed E-state index contributed by atoms with van der Waals surface area (Å²) in [4.78, 5) is 4.23. The predicted molar refractivity (Wildman–Crippen MR) is 99.8 cm³/mol. The number of hydrogen-bond donors (Lipinski definition) is 2. The molecule has 126 valence electrons. The summed E-state index contributed by atoms with van der Waals surface area (Å²) < 4.78 is 5.17. The van der Waals surface area contributed by atoms with Crippen molar-refractivity contribution in [3.05, 3.63) is 65.7 Å². The Labute approximate surface area is 151 Å². The van der Waals surface area contributed by atoms with Crippen molar-refractivity contribution in [1.29, 1.82) is 10.5 Å². The molecule has 0 saturated carbocycles. The van der Waals surface area contributed by atoms with Crippen molar-refractivity contribution in [2.45, 2.75) is 0 Å². The van der Waals surface area contributed by atoms with Crippen LogP contribution in [0.15, 0.2) is 54.6 Å². The van der Waals surface area contributed by atoms with E-state index in [1.54, 1.807) is 31.4 Å². The molecule has 2 aromatic carbocycles. The van der Waals surface area contributed by atoms with E-state index in [0.29, 0.717) is 22.7 Å². The number of nitrogen functional groups attached to an aromatic ring is 1. The van der Waals surface area contributed by atoms with Crippen molar-refractivity contribution in [2.24, 2.45) is 0 Å². The first kappa shape index (κ1) is 16.8. The first-order valence-electron chi connectivity index (χ1n) is 7.78. The zero-order chi connectivity index (χ0) is 18.5. The van der Waals surface area contributed by atoms with Gasteiger partial charge in [-0.1, -0.05) is 30.3 Å². The Morgan fingerprint density at radius 3 is 2.19 bits per heavy atom. The van der Waals surface area contributed by atoms with E-state index in [0.717, 1.165) is 5.69 Å². The Balaban J connectivity index is 2.21.